The maximum atomic E-state index is 13.7. The summed E-state index contributed by atoms with van der Waals surface area (Å²) >= 11 is 0. The molecule has 3 nitrogen and oxygen atoms in total. The smallest absolute Gasteiger partial charge is 0.178 e. The number of hydrogen-bond acceptors (Lipinski definition) is 3. The van der Waals surface area contributed by atoms with Crippen LogP contribution in [0.15, 0.2) is 17.0 Å². The third-order valence-corrected chi connectivity index (χ3v) is 4.39. The summed E-state index contributed by atoms with van der Waals surface area (Å²) < 4.78 is 50.2. The van der Waals surface area contributed by atoms with Gasteiger partial charge >= 0.3 is 0 Å². The van der Waals surface area contributed by atoms with Gasteiger partial charge in [0.25, 0.3) is 0 Å². The molecule has 1 aliphatic rings. The molecule has 1 fully saturated rings. The lowest BCUT2D eigenvalue weighted by Gasteiger charge is -2.24. The third kappa shape index (κ3) is 3.43. The van der Waals surface area contributed by atoms with Crippen LogP contribution in [-0.4, -0.2) is 27.8 Å². The number of rotatable bonds is 2. The van der Waals surface area contributed by atoms with Gasteiger partial charge in [0, 0.05) is 6.26 Å². The van der Waals surface area contributed by atoms with Crippen molar-refractivity contribution < 1.29 is 17.2 Å². The first-order valence-corrected chi connectivity index (χ1v) is 7.69. The Labute approximate surface area is 117 Å². The van der Waals surface area contributed by atoms with Gasteiger partial charge in [0.2, 0.25) is 0 Å². The molecule has 0 radical (unpaired) electrons. The van der Waals surface area contributed by atoms with Crippen LogP contribution >= 0.6 is 12.4 Å². The topological polar surface area (TPSA) is 46.2 Å². The molecule has 0 aromatic heterocycles. The molecule has 0 aliphatic carbocycles. The quantitative estimate of drug-likeness (QED) is 0.911. The van der Waals surface area contributed by atoms with Crippen LogP contribution in [0.4, 0.5) is 8.78 Å². The molecular formula is C12H16ClF2NO2S. The fourth-order valence-electron chi connectivity index (χ4n) is 2.38. The molecule has 0 unspecified atom stereocenters. The molecule has 1 aliphatic heterocycles. The van der Waals surface area contributed by atoms with E-state index in [0.29, 0.717) is 5.56 Å². The first kappa shape index (κ1) is 16.3. The first-order valence-electron chi connectivity index (χ1n) is 5.80. The van der Waals surface area contributed by atoms with E-state index >= 15 is 0 Å². The summed E-state index contributed by atoms with van der Waals surface area (Å²) in [7, 11) is -3.77. The van der Waals surface area contributed by atoms with Crippen molar-refractivity contribution in [2.45, 2.75) is 23.7 Å². The lowest BCUT2D eigenvalue weighted by atomic mass is 9.90. The highest BCUT2D eigenvalue weighted by molar-refractivity contribution is 7.90. The summed E-state index contributed by atoms with van der Waals surface area (Å²) in [5.74, 6) is -2.41. The zero-order valence-electron chi connectivity index (χ0n) is 10.4. The fourth-order valence-corrected chi connectivity index (χ4v) is 3.46. The van der Waals surface area contributed by atoms with Gasteiger partial charge < -0.3 is 5.32 Å². The van der Waals surface area contributed by atoms with E-state index in [0.717, 1.165) is 38.3 Å². The van der Waals surface area contributed by atoms with Crippen molar-refractivity contribution in [1.29, 1.82) is 0 Å². The maximum absolute atomic E-state index is 13.7. The Kier molecular flexibility index (Phi) is 5.29. The van der Waals surface area contributed by atoms with Gasteiger partial charge in [-0.25, -0.2) is 17.2 Å². The second-order valence-corrected chi connectivity index (χ2v) is 6.53. The lowest BCUT2D eigenvalue weighted by molar-refractivity contribution is 0.438. The van der Waals surface area contributed by atoms with Crippen LogP contribution in [0.3, 0.4) is 0 Å². The van der Waals surface area contributed by atoms with Crippen LogP contribution in [0.25, 0.3) is 0 Å². The molecule has 2 rings (SSSR count). The van der Waals surface area contributed by atoms with Gasteiger partial charge in [-0.05, 0) is 43.5 Å². The average Bonchev–Trinajstić information content (AvgIpc) is 2.32. The predicted octanol–water partition coefficient (Wildman–Crippen LogP) is 2.26. The van der Waals surface area contributed by atoms with Gasteiger partial charge in [0.05, 0.1) is 0 Å². The summed E-state index contributed by atoms with van der Waals surface area (Å²) in [6, 6.07) is 2.40. The Balaban J connectivity index is 0.00000180. The minimum absolute atomic E-state index is 0. The molecule has 1 heterocycles. The largest absolute Gasteiger partial charge is 0.317 e. The van der Waals surface area contributed by atoms with Gasteiger partial charge in [0.1, 0.15) is 4.90 Å². The number of hydrogen-bond donors (Lipinski definition) is 1. The SMILES string of the molecule is CS(=O)(=O)c1c(C2CCNCC2)ccc(F)c1F.Cl. The fraction of sp³-hybridized carbons (Fsp3) is 0.500. The highest BCUT2D eigenvalue weighted by Crippen LogP contribution is 2.33. The molecular weight excluding hydrogens is 296 g/mol. The van der Waals surface area contributed by atoms with E-state index in [2.05, 4.69) is 5.32 Å². The van der Waals surface area contributed by atoms with E-state index in [1.807, 2.05) is 0 Å². The molecule has 0 amide bonds. The summed E-state index contributed by atoms with van der Waals surface area (Å²) in [6.07, 6.45) is 2.37. The van der Waals surface area contributed by atoms with E-state index in [-0.39, 0.29) is 18.3 Å². The Morgan fingerprint density at radius 2 is 1.79 bits per heavy atom. The number of halogens is 3. The van der Waals surface area contributed by atoms with Gasteiger partial charge in [-0.2, -0.15) is 0 Å². The molecule has 0 saturated carbocycles. The maximum Gasteiger partial charge on any atom is 0.178 e. The molecule has 1 aromatic carbocycles. The Morgan fingerprint density at radius 3 is 2.32 bits per heavy atom. The van der Waals surface area contributed by atoms with Crippen LogP contribution < -0.4 is 5.32 Å². The van der Waals surface area contributed by atoms with Crippen molar-refractivity contribution in [1.82, 2.24) is 5.32 Å². The van der Waals surface area contributed by atoms with Crippen molar-refractivity contribution in [3.63, 3.8) is 0 Å². The van der Waals surface area contributed by atoms with Crippen molar-refractivity contribution in [3.05, 3.63) is 29.3 Å². The van der Waals surface area contributed by atoms with Gasteiger partial charge in [0.15, 0.2) is 21.5 Å². The average molecular weight is 312 g/mol. The number of nitrogens with one attached hydrogen (secondary N) is 1. The molecule has 1 N–H and O–H groups in total. The highest BCUT2D eigenvalue weighted by atomic mass is 35.5. The molecule has 1 aromatic rings. The van der Waals surface area contributed by atoms with Gasteiger partial charge in [-0.15, -0.1) is 12.4 Å². The standard InChI is InChI=1S/C12H15F2NO2S.ClH/c1-18(16,17)12-9(2-3-10(13)11(12)14)8-4-6-15-7-5-8;/h2-3,8,15H,4-7H2,1H3;1H. The van der Waals surface area contributed by atoms with Crippen LogP contribution in [0.2, 0.25) is 0 Å². The molecule has 19 heavy (non-hydrogen) atoms. The van der Waals surface area contributed by atoms with E-state index in [1.54, 1.807) is 0 Å². The molecule has 0 bridgehead atoms. The van der Waals surface area contributed by atoms with E-state index in [4.69, 9.17) is 0 Å². The second kappa shape index (κ2) is 6.15. The van der Waals surface area contributed by atoms with Crippen LogP contribution in [0.1, 0.15) is 24.3 Å². The van der Waals surface area contributed by atoms with Crippen LogP contribution in [0, 0.1) is 11.6 Å². The number of piperidine rings is 1. The summed E-state index contributed by atoms with van der Waals surface area (Å²) in [4.78, 5) is -0.477. The predicted molar refractivity (Wildman–Crippen MR) is 71.6 cm³/mol. The molecule has 1 saturated heterocycles. The number of benzene rings is 1. The second-order valence-electron chi connectivity index (χ2n) is 4.58. The van der Waals surface area contributed by atoms with E-state index in [9.17, 15) is 17.2 Å². The Hall–Kier alpha value is -0.720. The van der Waals surface area contributed by atoms with E-state index < -0.39 is 26.4 Å². The highest BCUT2D eigenvalue weighted by Gasteiger charge is 2.27. The summed E-state index contributed by atoms with van der Waals surface area (Å²) in [5.41, 5.74) is 0.401. The summed E-state index contributed by atoms with van der Waals surface area (Å²) in [5, 5.41) is 3.15. The molecule has 108 valence electrons. The van der Waals surface area contributed by atoms with Crippen molar-refractivity contribution in [2.24, 2.45) is 0 Å². The van der Waals surface area contributed by atoms with Crippen LogP contribution in [0.5, 0.6) is 0 Å². The van der Waals surface area contributed by atoms with Crippen molar-refractivity contribution in [3.8, 4) is 0 Å². The number of sulfone groups is 1. The Bertz CT molecular complexity index is 557. The minimum atomic E-state index is -3.77. The normalized spacial score (nSPS) is 17.0. The lowest BCUT2D eigenvalue weighted by Crippen LogP contribution is -2.27. The summed E-state index contributed by atoms with van der Waals surface area (Å²) in [6.45, 7) is 1.51. The van der Waals surface area contributed by atoms with Gasteiger partial charge in [-0.3, -0.25) is 0 Å². The minimum Gasteiger partial charge on any atom is -0.317 e. The monoisotopic (exact) mass is 311 g/mol. The molecule has 0 atom stereocenters. The van der Waals surface area contributed by atoms with Crippen molar-refractivity contribution in [2.75, 3.05) is 19.3 Å². The first-order chi connectivity index (χ1) is 8.41. The molecule has 0 spiro atoms. The zero-order chi connectivity index (χ0) is 13.3. The van der Waals surface area contributed by atoms with Crippen LogP contribution in [-0.2, 0) is 9.84 Å². The third-order valence-electron chi connectivity index (χ3n) is 3.23. The zero-order valence-corrected chi connectivity index (χ0v) is 12.1. The van der Waals surface area contributed by atoms with Gasteiger partial charge in [-0.1, -0.05) is 6.07 Å². The van der Waals surface area contributed by atoms with Crippen molar-refractivity contribution >= 4 is 22.2 Å². The van der Waals surface area contributed by atoms with E-state index in [1.165, 1.54) is 6.07 Å². The Morgan fingerprint density at radius 1 is 1.21 bits per heavy atom. The molecule has 7 heteroatoms.